The fourth-order valence-corrected chi connectivity index (χ4v) is 3.06. The SMILES string of the molecule is Cc1ccncc1C1(O)CCCC(C(C)C)C1. The Kier molecular flexibility index (Phi) is 3.53. The normalized spacial score (nSPS) is 29.6. The van der Waals surface area contributed by atoms with Gasteiger partial charge >= 0.3 is 0 Å². The molecule has 1 aliphatic carbocycles. The molecule has 1 fully saturated rings. The highest BCUT2D eigenvalue weighted by atomic mass is 16.3. The maximum absolute atomic E-state index is 10.9. The summed E-state index contributed by atoms with van der Waals surface area (Å²) in [6.07, 6.45) is 7.77. The van der Waals surface area contributed by atoms with E-state index in [1.807, 2.05) is 12.3 Å². The highest BCUT2D eigenvalue weighted by molar-refractivity contribution is 5.28. The number of pyridine rings is 1. The maximum atomic E-state index is 10.9. The summed E-state index contributed by atoms with van der Waals surface area (Å²) in [7, 11) is 0. The van der Waals surface area contributed by atoms with Gasteiger partial charge in [-0.05, 0) is 56.1 Å². The zero-order valence-corrected chi connectivity index (χ0v) is 11.1. The van der Waals surface area contributed by atoms with E-state index in [2.05, 4.69) is 25.8 Å². The van der Waals surface area contributed by atoms with Gasteiger partial charge in [-0.15, -0.1) is 0 Å². The summed E-state index contributed by atoms with van der Waals surface area (Å²) in [6, 6.07) is 1.99. The molecule has 2 unspecified atom stereocenters. The molecule has 1 aliphatic rings. The molecule has 0 spiro atoms. The van der Waals surface area contributed by atoms with E-state index in [-0.39, 0.29) is 0 Å². The van der Waals surface area contributed by atoms with Crippen LogP contribution in [0, 0.1) is 18.8 Å². The molecule has 17 heavy (non-hydrogen) atoms. The topological polar surface area (TPSA) is 33.1 Å². The average Bonchev–Trinajstić information content (AvgIpc) is 2.29. The van der Waals surface area contributed by atoms with Crippen molar-refractivity contribution in [2.75, 3.05) is 0 Å². The number of aromatic nitrogens is 1. The van der Waals surface area contributed by atoms with Crippen molar-refractivity contribution < 1.29 is 5.11 Å². The van der Waals surface area contributed by atoms with Gasteiger partial charge in [-0.2, -0.15) is 0 Å². The van der Waals surface area contributed by atoms with Crippen LogP contribution in [0.1, 0.15) is 50.7 Å². The van der Waals surface area contributed by atoms with Gasteiger partial charge in [0.15, 0.2) is 0 Å². The Hall–Kier alpha value is -0.890. The fraction of sp³-hybridized carbons (Fsp3) is 0.667. The Morgan fingerprint density at radius 1 is 1.47 bits per heavy atom. The molecule has 0 saturated heterocycles. The van der Waals surface area contributed by atoms with Crippen LogP contribution in [0.25, 0.3) is 0 Å². The first kappa shape index (κ1) is 12.6. The van der Waals surface area contributed by atoms with E-state index < -0.39 is 5.60 Å². The minimum atomic E-state index is -0.647. The molecule has 94 valence electrons. The van der Waals surface area contributed by atoms with Gasteiger partial charge in [-0.25, -0.2) is 0 Å². The molecular weight excluding hydrogens is 210 g/mol. The molecule has 0 aromatic carbocycles. The lowest BCUT2D eigenvalue weighted by molar-refractivity contribution is -0.0302. The van der Waals surface area contributed by atoms with Crippen molar-refractivity contribution >= 4 is 0 Å². The van der Waals surface area contributed by atoms with Crippen LogP contribution in [0.15, 0.2) is 18.5 Å². The van der Waals surface area contributed by atoms with Crippen molar-refractivity contribution in [2.45, 2.75) is 52.1 Å². The number of aliphatic hydroxyl groups is 1. The minimum Gasteiger partial charge on any atom is -0.385 e. The van der Waals surface area contributed by atoms with Crippen molar-refractivity contribution in [1.29, 1.82) is 0 Å². The largest absolute Gasteiger partial charge is 0.385 e. The summed E-state index contributed by atoms with van der Waals surface area (Å²) >= 11 is 0. The third-order valence-corrected chi connectivity index (χ3v) is 4.25. The third-order valence-electron chi connectivity index (χ3n) is 4.25. The van der Waals surface area contributed by atoms with Gasteiger partial charge in [-0.3, -0.25) is 4.98 Å². The minimum absolute atomic E-state index is 0.633. The van der Waals surface area contributed by atoms with Crippen LogP contribution in [-0.4, -0.2) is 10.1 Å². The molecule has 1 aromatic heterocycles. The van der Waals surface area contributed by atoms with Crippen LogP contribution in [-0.2, 0) is 5.60 Å². The molecule has 0 bridgehead atoms. The van der Waals surface area contributed by atoms with Gasteiger partial charge in [0.25, 0.3) is 0 Å². The summed E-state index contributed by atoms with van der Waals surface area (Å²) in [4.78, 5) is 4.18. The molecule has 1 aromatic rings. The second-order valence-corrected chi connectivity index (χ2v) is 5.82. The molecule has 1 heterocycles. The quantitative estimate of drug-likeness (QED) is 0.849. The van der Waals surface area contributed by atoms with Crippen molar-refractivity contribution in [3.05, 3.63) is 29.6 Å². The second-order valence-electron chi connectivity index (χ2n) is 5.82. The van der Waals surface area contributed by atoms with E-state index in [9.17, 15) is 5.11 Å². The van der Waals surface area contributed by atoms with Crippen LogP contribution in [0.4, 0.5) is 0 Å². The van der Waals surface area contributed by atoms with Gasteiger partial charge in [0.2, 0.25) is 0 Å². The van der Waals surface area contributed by atoms with Crippen LogP contribution in [0.5, 0.6) is 0 Å². The van der Waals surface area contributed by atoms with Gasteiger partial charge in [0.1, 0.15) is 0 Å². The van der Waals surface area contributed by atoms with Crippen LogP contribution in [0.2, 0.25) is 0 Å². The summed E-state index contributed by atoms with van der Waals surface area (Å²) in [6.45, 7) is 6.58. The molecule has 2 heteroatoms. The summed E-state index contributed by atoms with van der Waals surface area (Å²) in [5.41, 5.74) is 1.54. The third kappa shape index (κ3) is 2.52. The van der Waals surface area contributed by atoms with E-state index in [0.29, 0.717) is 11.8 Å². The molecule has 0 radical (unpaired) electrons. The summed E-state index contributed by atoms with van der Waals surface area (Å²) in [5.74, 6) is 1.28. The fourth-order valence-electron chi connectivity index (χ4n) is 3.06. The van der Waals surface area contributed by atoms with E-state index >= 15 is 0 Å². The monoisotopic (exact) mass is 233 g/mol. The number of hydrogen-bond donors (Lipinski definition) is 1. The lowest BCUT2D eigenvalue weighted by Crippen LogP contribution is -2.35. The van der Waals surface area contributed by atoms with Gasteiger partial charge < -0.3 is 5.11 Å². The van der Waals surface area contributed by atoms with E-state index in [4.69, 9.17) is 0 Å². The predicted octanol–water partition coefficient (Wildman–Crippen LogP) is 3.42. The number of rotatable bonds is 2. The smallest absolute Gasteiger partial charge is 0.0916 e. The Morgan fingerprint density at radius 2 is 2.24 bits per heavy atom. The molecule has 0 aliphatic heterocycles. The summed E-state index contributed by atoms with van der Waals surface area (Å²) < 4.78 is 0. The van der Waals surface area contributed by atoms with Gasteiger partial charge in [0, 0.05) is 18.0 Å². The number of hydrogen-bond acceptors (Lipinski definition) is 2. The highest BCUT2D eigenvalue weighted by Gasteiger charge is 2.37. The van der Waals surface area contributed by atoms with Crippen molar-refractivity contribution in [3.8, 4) is 0 Å². The molecule has 1 N–H and O–H groups in total. The standard InChI is InChI=1S/C15H23NO/c1-11(2)13-5-4-7-15(17,9-13)14-10-16-8-6-12(14)3/h6,8,10-11,13,17H,4-5,7,9H2,1-3H3. The Bertz CT molecular complexity index is 388. The lowest BCUT2D eigenvalue weighted by Gasteiger charge is -2.39. The van der Waals surface area contributed by atoms with Crippen molar-refractivity contribution in [1.82, 2.24) is 4.98 Å². The van der Waals surface area contributed by atoms with Gasteiger partial charge in [0.05, 0.1) is 5.60 Å². The highest BCUT2D eigenvalue weighted by Crippen LogP contribution is 2.43. The second kappa shape index (κ2) is 4.77. The molecular formula is C15H23NO. The van der Waals surface area contributed by atoms with Crippen LogP contribution < -0.4 is 0 Å². The Labute approximate surface area is 104 Å². The Balaban J connectivity index is 2.27. The maximum Gasteiger partial charge on any atom is 0.0916 e. The van der Waals surface area contributed by atoms with Crippen LogP contribution in [0.3, 0.4) is 0 Å². The molecule has 2 atom stereocenters. The first-order chi connectivity index (χ1) is 8.03. The molecule has 1 saturated carbocycles. The first-order valence-corrected chi connectivity index (χ1v) is 6.66. The number of nitrogens with zero attached hydrogens (tertiary/aromatic N) is 1. The molecule has 2 rings (SSSR count). The summed E-state index contributed by atoms with van der Waals surface area (Å²) in [5, 5.41) is 10.9. The van der Waals surface area contributed by atoms with E-state index in [1.54, 1.807) is 6.20 Å². The van der Waals surface area contributed by atoms with Gasteiger partial charge in [-0.1, -0.05) is 13.8 Å². The molecule has 2 nitrogen and oxygen atoms in total. The van der Waals surface area contributed by atoms with E-state index in [0.717, 1.165) is 30.4 Å². The van der Waals surface area contributed by atoms with Crippen molar-refractivity contribution in [2.24, 2.45) is 11.8 Å². The first-order valence-electron chi connectivity index (χ1n) is 6.66. The van der Waals surface area contributed by atoms with E-state index in [1.165, 1.54) is 6.42 Å². The lowest BCUT2D eigenvalue weighted by atomic mass is 9.70. The average molecular weight is 233 g/mol. The Morgan fingerprint density at radius 3 is 2.88 bits per heavy atom. The predicted molar refractivity (Wildman–Crippen MR) is 69.7 cm³/mol. The number of aryl methyl sites for hydroxylation is 1. The zero-order valence-electron chi connectivity index (χ0n) is 11.1. The van der Waals surface area contributed by atoms with Crippen LogP contribution >= 0.6 is 0 Å². The van der Waals surface area contributed by atoms with Crippen molar-refractivity contribution in [3.63, 3.8) is 0 Å². The zero-order chi connectivity index (χ0) is 12.5. The molecule has 0 amide bonds.